The molecule has 2 aromatic rings. The molecular formula is C15H18F3N3O. The van der Waals surface area contributed by atoms with Crippen LogP contribution in [-0.2, 0) is 12.8 Å². The number of aromatic nitrogens is 3. The van der Waals surface area contributed by atoms with Gasteiger partial charge in [-0.15, -0.1) is 5.10 Å². The zero-order chi connectivity index (χ0) is 16.3. The Morgan fingerprint density at radius 1 is 1.23 bits per heavy atom. The summed E-state index contributed by atoms with van der Waals surface area (Å²) < 4.78 is 40.0. The molecule has 7 heteroatoms. The third kappa shape index (κ3) is 3.14. The Kier molecular flexibility index (Phi) is 4.85. The van der Waals surface area contributed by atoms with Gasteiger partial charge in [0.15, 0.2) is 0 Å². The quantitative estimate of drug-likeness (QED) is 0.916. The molecule has 0 aliphatic rings. The highest BCUT2D eigenvalue weighted by atomic mass is 19.4. The van der Waals surface area contributed by atoms with Crippen molar-refractivity contribution in [3.8, 4) is 5.69 Å². The molecule has 4 nitrogen and oxygen atoms in total. The zero-order valence-electron chi connectivity index (χ0n) is 12.4. The SMILES string of the molecule is CCC(CC)c1c(CO)nnn1-c1cccc(C(F)(F)F)c1. The lowest BCUT2D eigenvalue weighted by atomic mass is 9.97. The van der Waals surface area contributed by atoms with Crippen LogP contribution in [0.15, 0.2) is 24.3 Å². The van der Waals surface area contributed by atoms with Crippen LogP contribution in [-0.4, -0.2) is 20.1 Å². The van der Waals surface area contributed by atoms with Crippen LogP contribution in [0.5, 0.6) is 0 Å². The molecule has 1 heterocycles. The molecule has 0 aliphatic heterocycles. The van der Waals surface area contributed by atoms with Crippen molar-refractivity contribution in [3.05, 3.63) is 41.2 Å². The molecule has 22 heavy (non-hydrogen) atoms. The van der Waals surface area contributed by atoms with Gasteiger partial charge in [-0.3, -0.25) is 0 Å². The smallest absolute Gasteiger partial charge is 0.390 e. The second-order valence-electron chi connectivity index (χ2n) is 5.05. The summed E-state index contributed by atoms with van der Waals surface area (Å²) in [6.07, 6.45) is -2.84. The number of halogens is 3. The highest BCUT2D eigenvalue weighted by Crippen LogP contribution is 2.32. The Hall–Kier alpha value is -1.89. The van der Waals surface area contributed by atoms with E-state index in [9.17, 15) is 18.3 Å². The van der Waals surface area contributed by atoms with E-state index in [4.69, 9.17) is 0 Å². The number of rotatable bonds is 5. The predicted molar refractivity (Wildman–Crippen MR) is 75.6 cm³/mol. The molecule has 0 aliphatic carbocycles. The van der Waals surface area contributed by atoms with E-state index < -0.39 is 11.7 Å². The maximum atomic E-state index is 12.9. The molecule has 0 fully saturated rings. The average Bonchev–Trinajstić information content (AvgIpc) is 2.92. The standard InChI is InChI=1S/C15H18F3N3O/c1-3-10(4-2)14-13(9-22)19-20-21(14)12-7-5-6-11(8-12)15(16,17)18/h5-8,10,22H,3-4,9H2,1-2H3. The first-order valence-corrected chi connectivity index (χ1v) is 7.15. The molecule has 1 N–H and O–H groups in total. The minimum atomic E-state index is -4.41. The van der Waals surface area contributed by atoms with Crippen molar-refractivity contribution in [1.29, 1.82) is 0 Å². The molecule has 1 aromatic heterocycles. The van der Waals surface area contributed by atoms with Gasteiger partial charge in [-0.1, -0.05) is 25.1 Å². The third-order valence-corrected chi connectivity index (χ3v) is 3.72. The molecule has 0 spiro atoms. The minimum Gasteiger partial charge on any atom is -0.390 e. The Morgan fingerprint density at radius 3 is 2.45 bits per heavy atom. The first-order valence-electron chi connectivity index (χ1n) is 7.15. The molecule has 0 unspecified atom stereocenters. The van der Waals surface area contributed by atoms with Gasteiger partial charge in [-0.2, -0.15) is 13.2 Å². The van der Waals surface area contributed by atoms with E-state index in [1.54, 1.807) is 6.07 Å². The van der Waals surface area contributed by atoms with Crippen LogP contribution in [0.2, 0.25) is 0 Å². The topological polar surface area (TPSA) is 50.9 Å². The van der Waals surface area contributed by atoms with E-state index in [1.807, 2.05) is 13.8 Å². The van der Waals surface area contributed by atoms with Crippen LogP contribution in [0, 0.1) is 0 Å². The van der Waals surface area contributed by atoms with Gasteiger partial charge in [-0.05, 0) is 31.0 Å². The second-order valence-corrected chi connectivity index (χ2v) is 5.05. The number of hydrogen-bond donors (Lipinski definition) is 1. The van der Waals surface area contributed by atoms with Gasteiger partial charge >= 0.3 is 6.18 Å². The molecule has 0 radical (unpaired) electrons. The van der Waals surface area contributed by atoms with Crippen LogP contribution >= 0.6 is 0 Å². The van der Waals surface area contributed by atoms with Gasteiger partial charge < -0.3 is 5.11 Å². The van der Waals surface area contributed by atoms with Gasteiger partial charge in [0.2, 0.25) is 0 Å². The van der Waals surface area contributed by atoms with Gasteiger partial charge in [0.05, 0.1) is 23.6 Å². The lowest BCUT2D eigenvalue weighted by Gasteiger charge is -2.16. The summed E-state index contributed by atoms with van der Waals surface area (Å²) in [6.45, 7) is 3.68. The summed E-state index contributed by atoms with van der Waals surface area (Å²) in [5.41, 5.74) is 0.642. The molecule has 0 amide bonds. The van der Waals surface area contributed by atoms with Gasteiger partial charge in [0.25, 0.3) is 0 Å². The first-order chi connectivity index (χ1) is 10.4. The Balaban J connectivity index is 2.56. The highest BCUT2D eigenvalue weighted by molar-refractivity contribution is 5.39. The molecule has 120 valence electrons. The summed E-state index contributed by atoms with van der Waals surface area (Å²) in [7, 11) is 0. The van der Waals surface area contributed by atoms with Crippen LogP contribution < -0.4 is 0 Å². The van der Waals surface area contributed by atoms with Crippen LogP contribution in [0.1, 0.15) is 49.6 Å². The van der Waals surface area contributed by atoms with Gasteiger partial charge in [0, 0.05) is 5.92 Å². The summed E-state index contributed by atoms with van der Waals surface area (Å²) in [4.78, 5) is 0. The Labute approximate surface area is 126 Å². The Morgan fingerprint density at radius 2 is 1.91 bits per heavy atom. The number of hydrogen-bond acceptors (Lipinski definition) is 3. The average molecular weight is 313 g/mol. The number of benzene rings is 1. The van der Waals surface area contributed by atoms with E-state index in [0.29, 0.717) is 17.1 Å². The molecule has 1 aromatic carbocycles. The highest BCUT2D eigenvalue weighted by Gasteiger charge is 2.31. The second kappa shape index (κ2) is 6.48. The largest absolute Gasteiger partial charge is 0.416 e. The fourth-order valence-corrected chi connectivity index (χ4v) is 2.52. The third-order valence-electron chi connectivity index (χ3n) is 3.72. The molecule has 2 rings (SSSR count). The van der Waals surface area contributed by atoms with Gasteiger partial charge in [-0.25, -0.2) is 4.68 Å². The van der Waals surface area contributed by atoms with E-state index in [1.165, 1.54) is 10.7 Å². The summed E-state index contributed by atoms with van der Waals surface area (Å²) in [5.74, 6) is 0.0756. The summed E-state index contributed by atoms with van der Waals surface area (Å²) >= 11 is 0. The maximum absolute atomic E-state index is 12.9. The molecule has 0 atom stereocenters. The molecular weight excluding hydrogens is 295 g/mol. The molecule has 0 saturated carbocycles. The monoisotopic (exact) mass is 313 g/mol. The van der Waals surface area contributed by atoms with E-state index in [-0.39, 0.29) is 12.5 Å². The zero-order valence-corrected chi connectivity index (χ0v) is 12.4. The van der Waals surface area contributed by atoms with Crippen molar-refractivity contribution in [2.75, 3.05) is 0 Å². The van der Waals surface area contributed by atoms with Crippen molar-refractivity contribution in [2.24, 2.45) is 0 Å². The number of aliphatic hydroxyl groups excluding tert-OH is 1. The van der Waals surface area contributed by atoms with E-state index in [0.717, 1.165) is 25.0 Å². The van der Waals surface area contributed by atoms with Crippen molar-refractivity contribution < 1.29 is 18.3 Å². The lowest BCUT2D eigenvalue weighted by molar-refractivity contribution is -0.137. The fraction of sp³-hybridized carbons (Fsp3) is 0.467. The number of alkyl halides is 3. The van der Waals surface area contributed by atoms with Crippen LogP contribution in [0.3, 0.4) is 0 Å². The van der Waals surface area contributed by atoms with Crippen LogP contribution in [0.4, 0.5) is 13.2 Å². The fourth-order valence-electron chi connectivity index (χ4n) is 2.52. The van der Waals surface area contributed by atoms with Crippen molar-refractivity contribution in [2.45, 2.75) is 45.4 Å². The Bertz CT molecular complexity index is 633. The normalized spacial score (nSPS) is 12.1. The summed E-state index contributed by atoms with van der Waals surface area (Å²) in [6, 6.07) is 4.96. The molecule has 0 saturated heterocycles. The van der Waals surface area contributed by atoms with Crippen molar-refractivity contribution in [3.63, 3.8) is 0 Å². The lowest BCUT2D eigenvalue weighted by Crippen LogP contribution is -2.11. The first kappa shape index (κ1) is 16.5. The van der Waals surface area contributed by atoms with E-state index >= 15 is 0 Å². The maximum Gasteiger partial charge on any atom is 0.416 e. The van der Waals surface area contributed by atoms with Crippen molar-refractivity contribution in [1.82, 2.24) is 15.0 Å². The minimum absolute atomic E-state index is 0.0756. The molecule has 0 bridgehead atoms. The van der Waals surface area contributed by atoms with Crippen LogP contribution in [0.25, 0.3) is 5.69 Å². The predicted octanol–water partition coefficient (Wildman–Crippen LogP) is 3.68. The number of aliphatic hydroxyl groups is 1. The van der Waals surface area contributed by atoms with E-state index in [2.05, 4.69) is 10.3 Å². The summed E-state index contributed by atoms with van der Waals surface area (Å²) in [5, 5.41) is 17.2. The number of nitrogens with zero attached hydrogens (tertiary/aromatic N) is 3. The van der Waals surface area contributed by atoms with Gasteiger partial charge in [0.1, 0.15) is 5.69 Å². The van der Waals surface area contributed by atoms with Crippen molar-refractivity contribution >= 4 is 0 Å².